The summed E-state index contributed by atoms with van der Waals surface area (Å²) in [5, 5.41) is 0. The summed E-state index contributed by atoms with van der Waals surface area (Å²) in [7, 11) is 0.385. The average molecular weight is 336 g/mol. The summed E-state index contributed by atoms with van der Waals surface area (Å²) in [6.45, 7) is 0. The van der Waals surface area contributed by atoms with E-state index in [1.807, 2.05) is 0 Å². The summed E-state index contributed by atoms with van der Waals surface area (Å²) in [6, 6.07) is 0. The van der Waals surface area contributed by atoms with Crippen molar-refractivity contribution in [1.82, 2.24) is 0 Å². The second-order valence-electron chi connectivity index (χ2n) is 7.32. The monoisotopic (exact) mass is 336 g/mol. The van der Waals surface area contributed by atoms with Crippen molar-refractivity contribution in [2.45, 2.75) is 113 Å². The van der Waals surface area contributed by atoms with Crippen LogP contribution >= 0.6 is 7.92 Å². The van der Waals surface area contributed by atoms with Crippen molar-refractivity contribution in [1.29, 1.82) is 0 Å². The van der Waals surface area contributed by atoms with Crippen LogP contribution in [0.15, 0.2) is 0 Å². The fourth-order valence-corrected chi connectivity index (χ4v) is 9.71. The van der Waals surface area contributed by atoms with Gasteiger partial charge in [0, 0.05) is 17.1 Å². The van der Waals surface area contributed by atoms with Gasteiger partial charge in [-0.1, -0.05) is 65.7 Å². The Bertz CT molecular complexity index is 207. The summed E-state index contributed by atoms with van der Waals surface area (Å²) in [5.41, 5.74) is 3.57. The first-order valence-corrected chi connectivity index (χ1v) is 10.8. The number of rotatable bonds is 3. The fraction of sp³-hybridized carbons (Fsp3) is 1.00. The Balaban J connectivity index is 0.00000147. The van der Waals surface area contributed by atoms with Crippen molar-refractivity contribution in [3.05, 3.63) is 0 Å². The zero-order chi connectivity index (χ0) is 12.9. The molecule has 0 nitrogen and oxygen atoms in total. The molecule has 0 bridgehead atoms. The Kier molecular flexibility index (Phi) is 7.93. The summed E-state index contributed by atoms with van der Waals surface area (Å²) in [5.74, 6) is 0. The van der Waals surface area contributed by atoms with E-state index in [0.29, 0.717) is 7.92 Å². The SMILES string of the molecule is C1CCC(P(C2CCCCC2)C2CCCCC2)CC1.[Fe]. The van der Waals surface area contributed by atoms with Crippen LogP contribution in [-0.4, -0.2) is 17.0 Å². The maximum absolute atomic E-state index is 1.61. The average Bonchev–Trinajstić information content (AvgIpc) is 2.51. The third kappa shape index (κ3) is 4.47. The summed E-state index contributed by atoms with van der Waals surface area (Å²) >= 11 is 0. The third-order valence-corrected chi connectivity index (χ3v) is 10.1. The Hall–Kier alpha value is 0.949. The maximum Gasteiger partial charge on any atom is 0 e. The zero-order valence-corrected chi connectivity index (χ0v) is 15.1. The third-order valence-electron chi connectivity index (χ3n) is 5.99. The van der Waals surface area contributed by atoms with Crippen LogP contribution in [0.25, 0.3) is 0 Å². The molecule has 20 heavy (non-hydrogen) atoms. The van der Waals surface area contributed by atoms with Crippen LogP contribution < -0.4 is 0 Å². The van der Waals surface area contributed by atoms with Crippen molar-refractivity contribution in [3.8, 4) is 0 Å². The van der Waals surface area contributed by atoms with E-state index in [1.54, 1.807) is 77.0 Å². The van der Waals surface area contributed by atoms with Crippen molar-refractivity contribution < 1.29 is 17.1 Å². The van der Waals surface area contributed by atoms with Gasteiger partial charge in [-0.3, -0.25) is 0 Å². The first-order chi connectivity index (χ1) is 9.45. The predicted octanol–water partition coefficient (Wildman–Crippen LogP) is 6.46. The van der Waals surface area contributed by atoms with Crippen molar-refractivity contribution in [3.63, 3.8) is 0 Å². The minimum absolute atomic E-state index is 0. The molecule has 0 radical (unpaired) electrons. The van der Waals surface area contributed by atoms with E-state index in [9.17, 15) is 0 Å². The Labute approximate surface area is 138 Å². The van der Waals surface area contributed by atoms with Crippen LogP contribution in [0.3, 0.4) is 0 Å². The van der Waals surface area contributed by atoms with Gasteiger partial charge in [-0.05, 0) is 55.5 Å². The van der Waals surface area contributed by atoms with Gasteiger partial charge in [-0.25, -0.2) is 0 Å². The standard InChI is InChI=1S/C18H33P.Fe/c1-4-10-16(11-5-1)19(17-12-6-2-7-13-17)18-14-8-3-9-15-18;/h16-18H,1-15H2;. The second kappa shape index (κ2) is 9.17. The first-order valence-electron chi connectivity index (χ1n) is 9.22. The quantitative estimate of drug-likeness (QED) is 0.409. The molecule has 0 spiro atoms. The minimum Gasteiger partial charge on any atom is -0.0971 e. The molecular weight excluding hydrogens is 303 g/mol. The molecule has 3 rings (SSSR count). The van der Waals surface area contributed by atoms with E-state index in [-0.39, 0.29) is 17.1 Å². The molecule has 2 heteroatoms. The van der Waals surface area contributed by atoms with E-state index in [2.05, 4.69) is 0 Å². The molecule has 0 saturated heterocycles. The van der Waals surface area contributed by atoms with Gasteiger partial charge >= 0.3 is 0 Å². The Morgan fingerprint density at radius 2 is 0.650 bits per heavy atom. The topological polar surface area (TPSA) is 0 Å². The van der Waals surface area contributed by atoms with E-state index in [4.69, 9.17) is 0 Å². The zero-order valence-electron chi connectivity index (χ0n) is 13.1. The van der Waals surface area contributed by atoms with Gasteiger partial charge in [0.25, 0.3) is 0 Å². The molecule has 0 N–H and O–H groups in total. The van der Waals surface area contributed by atoms with Crippen LogP contribution in [0, 0.1) is 0 Å². The first kappa shape index (κ1) is 17.3. The molecular formula is C18H33FeP. The van der Waals surface area contributed by atoms with Gasteiger partial charge in [0.2, 0.25) is 0 Å². The van der Waals surface area contributed by atoms with E-state index in [0.717, 1.165) is 0 Å². The van der Waals surface area contributed by atoms with Crippen LogP contribution in [0.2, 0.25) is 0 Å². The second-order valence-corrected chi connectivity index (χ2v) is 10.4. The maximum atomic E-state index is 1.61. The van der Waals surface area contributed by atoms with E-state index in [1.165, 1.54) is 36.2 Å². The normalized spacial score (nSPS) is 27.4. The van der Waals surface area contributed by atoms with Crippen molar-refractivity contribution >= 4 is 7.92 Å². The molecule has 0 amide bonds. The molecule has 3 saturated carbocycles. The Morgan fingerprint density at radius 1 is 0.400 bits per heavy atom. The molecule has 3 aliphatic rings. The largest absolute Gasteiger partial charge is 0.0971 e. The van der Waals surface area contributed by atoms with Gasteiger partial charge in [-0.2, -0.15) is 0 Å². The number of hydrogen-bond acceptors (Lipinski definition) is 0. The van der Waals surface area contributed by atoms with Crippen LogP contribution in [0.1, 0.15) is 96.3 Å². The van der Waals surface area contributed by atoms with Gasteiger partial charge < -0.3 is 0 Å². The van der Waals surface area contributed by atoms with E-state index < -0.39 is 0 Å². The van der Waals surface area contributed by atoms with Crippen molar-refractivity contribution in [2.24, 2.45) is 0 Å². The van der Waals surface area contributed by atoms with Crippen LogP contribution in [-0.2, 0) is 17.1 Å². The summed E-state index contributed by atoms with van der Waals surface area (Å²) < 4.78 is 0. The van der Waals surface area contributed by atoms with Crippen molar-refractivity contribution in [2.75, 3.05) is 0 Å². The molecule has 0 heterocycles. The molecule has 0 aromatic carbocycles. The molecule has 0 aromatic heterocycles. The van der Waals surface area contributed by atoms with Crippen LogP contribution in [0.5, 0.6) is 0 Å². The smallest absolute Gasteiger partial charge is 0 e. The van der Waals surface area contributed by atoms with E-state index >= 15 is 0 Å². The summed E-state index contributed by atoms with van der Waals surface area (Å²) in [6.07, 6.45) is 23.6. The fourth-order valence-electron chi connectivity index (χ4n) is 5.03. The minimum atomic E-state index is 0. The molecule has 0 aromatic rings. The molecule has 0 aliphatic heterocycles. The number of hydrogen-bond donors (Lipinski definition) is 0. The molecule has 3 fully saturated rings. The van der Waals surface area contributed by atoms with Crippen LogP contribution in [0.4, 0.5) is 0 Å². The van der Waals surface area contributed by atoms with Gasteiger partial charge in [0.15, 0.2) is 0 Å². The van der Waals surface area contributed by atoms with Gasteiger partial charge in [-0.15, -0.1) is 0 Å². The molecule has 3 aliphatic carbocycles. The summed E-state index contributed by atoms with van der Waals surface area (Å²) in [4.78, 5) is 0. The molecule has 118 valence electrons. The van der Waals surface area contributed by atoms with Gasteiger partial charge in [0.1, 0.15) is 0 Å². The van der Waals surface area contributed by atoms with Gasteiger partial charge in [0.05, 0.1) is 0 Å². The predicted molar refractivity (Wildman–Crippen MR) is 87.5 cm³/mol. The Morgan fingerprint density at radius 3 is 0.900 bits per heavy atom. The molecule has 0 atom stereocenters. The molecule has 0 unspecified atom stereocenters.